The Balaban J connectivity index is 1.54. The third kappa shape index (κ3) is 4.48. The van der Waals surface area contributed by atoms with Crippen molar-refractivity contribution in [2.75, 3.05) is 18.1 Å². The van der Waals surface area contributed by atoms with Crippen LogP contribution >= 0.6 is 23.5 Å². The number of aryl methyl sites for hydroxylation is 1. The monoisotopic (exact) mass is 359 g/mol. The molecule has 0 unspecified atom stereocenters. The van der Waals surface area contributed by atoms with Gasteiger partial charge in [0.25, 0.3) is 5.91 Å². The van der Waals surface area contributed by atoms with Crippen LogP contribution in [0.3, 0.4) is 0 Å². The van der Waals surface area contributed by atoms with Crippen molar-refractivity contribution >= 4 is 29.4 Å². The van der Waals surface area contributed by atoms with Gasteiger partial charge in [-0.2, -0.15) is 0 Å². The summed E-state index contributed by atoms with van der Waals surface area (Å²) in [4.78, 5) is 12.1. The van der Waals surface area contributed by atoms with Crippen molar-refractivity contribution in [1.82, 2.24) is 5.32 Å². The topological polar surface area (TPSA) is 38.3 Å². The van der Waals surface area contributed by atoms with Crippen LogP contribution in [0.5, 0.6) is 5.75 Å². The smallest absolute Gasteiger partial charge is 0.258 e. The first-order valence-corrected chi connectivity index (χ1v) is 10.1. The molecule has 0 bridgehead atoms. The molecule has 5 heteroatoms. The molecule has 0 aromatic heterocycles. The summed E-state index contributed by atoms with van der Waals surface area (Å²) in [6.45, 7) is 2.63. The normalized spacial score (nSPS) is 14.5. The van der Waals surface area contributed by atoms with Crippen LogP contribution in [0.4, 0.5) is 0 Å². The molecule has 1 fully saturated rings. The van der Waals surface area contributed by atoms with Gasteiger partial charge in [0.1, 0.15) is 5.75 Å². The molecule has 0 atom stereocenters. The lowest BCUT2D eigenvalue weighted by Gasteiger charge is -2.15. The van der Waals surface area contributed by atoms with Gasteiger partial charge in [0.05, 0.1) is 4.58 Å². The predicted octanol–water partition coefficient (Wildman–Crippen LogP) is 4.17. The number of amides is 1. The second kappa shape index (κ2) is 8.49. The number of hydrogen-bond acceptors (Lipinski definition) is 4. The zero-order chi connectivity index (χ0) is 16.8. The van der Waals surface area contributed by atoms with E-state index in [2.05, 4.69) is 11.4 Å². The van der Waals surface area contributed by atoms with Crippen molar-refractivity contribution < 1.29 is 9.53 Å². The molecule has 0 aliphatic carbocycles. The van der Waals surface area contributed by atoms with Crippen molar-refractivity contribution in [3.63, 3.8) is 0 Å². The minimum atomic E-state index is -0.0974. The van der Waals surface area contributed by atoms with E-state index in [-0.39, 0.29) is 12.5 Å². The maximum Gasteiger partial charge on any atom is 0.258 e. The Morgan fingerprint density at radius 2 is 1.83 bits per heavy atom. The quantitative estimate of drug-likeness (QED) is 0.840. The average Bonchev–Trinajstić information content (AvgIpc) is 3.14. The van der Waals surface area contributed by atoms with E-state index in [0.717, 1.165) is 11.3 Å². The summed E-state index contributed by atoms with van der Waals surface area (Å²) in [6.07, 6.45) is 0. The second-order valence-electron chi connectivity index (χ2n) is 5.60. The average molecular weight is 360 g/mol. The van der Waals surface area contributed by atoms with E-state index in [1.54, 1.807) is 0 Å². The van der Waals surface area contributed by atoms with E-state index < -0.39 is 0 Å². The van der Waals surface area contributed by atoms with Gasteiger partial charge in [-0.1, -0.05) is 42.5 Å². The Bertz CT molecular complexity index is 699. The Hall–Kier alpha value is -1.59. The molecule has 3 rings (SSSR count). The maximum atomic E-state index is 12.1. The molecular formula is C19H21NO2S2. The molecule has 126 valence electrons. The Morgan fingerprint density at radius 1 is 1.12 bits per heavy atom. The molecule has 1 aliphatic heterocycles. The predicted molar refractivity (Wildman–Crippen MR) is 103 cm³/mol. The third-order valence-corrected chi connectivity index (χ3v) is 6.96. The van der Waals surface area contributed by atoms with Crippen molar-refractivity contribution in [3.8, 4) is 5.75 Å². The van der Waals surface area contributed by atoms with Crippen molar-refractivity contribution in [1.29, 1.82) is 0 Å². The Labute approximate surface area is 151 Å². The fourth-order valence-corrected chi connectivity index (χ4v) is 5.45. The first kappa shape index (κ1) is 17.2. The van der Waals surface area contributed by atoms with Crippen LogP contribution in [0.15, 0.2) is 48.5 Å². The van der Waals surface area contributed by atoms with Gasteiger partial charge in [-0.25, -0.2) is 0 Å². The first-order valence-electron chi connectivity index (χ1n) is 8.00. The largest absolute Gasteiger partial charge is 0.483 e. The van der Waals surface area contributed by atoms with Gasteiger partial charge in [0, 0.05) is 23.6 Å². The lowest BCUT2D eigenvalue weighted by Crippen LogP contribution is -2.28. The van der Waals surface area contributed by atoms with Crippen molar-refractivity contribution in [3.05, 3.63) is 65.2 Å². The van der Waals surface area contributed by atoms with Gasteiger partial charge in [0.2, 0.25) is 0 Å². The lowest BCUT2D eigenvalue weighted by atomic mass is 10.1. The molecule has 1 heterocycles. The number of benzene rings is 2. The molecular weight excluding hydrogens is 338 g/mol. The zero-order valence-electron chi connectivity index (χ0n) is 13.7. The number of hydrogen-bond donors (Lipinski definition) is 1. The molecule has 1 aliphatic rings. The third-order valence-electron chi connectivity index (χ3n) is 3.89. The van der Waals surface area contributed by atoms with E-state index in [0.29, 0.717) is 11.1 Å². The number of rotatable bonds is 6. The summed E-state index contributed by atoms with van der Waals surface area (Å²) in [5, 5.41) is 2.92. The van der Waals surface area contributed by atoms with E-state index in [4.69, 9.17) is 4.74 Å². The highest BCUT2D eigenvalue weighted by Gasteiger charge is 2.21. The number of thioether (sulfide) groups is 2. The summed E-state index contributed by atoms with van der Waals surface area (Å²) in [5.41, 5.74) is 3.49. The Kier molecular flexibility index (Phi) is 6.10. The summed E-state index contributed by atoms with van der Waals surface area (Å²) < 4.78 is 6.20. The van der Waals surface area contributed by atoms with Gasteiger partial charge in [-0.05, 0) is 24.1 Å². The molecule has 0 saturated carbocycles. The number of ether oxygens (including phenoxy) is 1. The van der Waals surface area contributed by atoms with Gasteiger partial charge in [-0.3, -0.25) is 4.79 Å². The summed E-state index contributed by atoms with van der Waals surface area (Å²) >= 11 is 3.87. The van der Waals surface area contributed by atoms with Crippen LogP contribution < -0.4 is 10.1 Å². The Morgan fingerprint density at radius 3 is 2.62 bits per heavy atom. The van der Waals surface area contributed by atoms with E-state index >= 15 is 0 Å². The van der Waals surface area contributed by atoms with Crippen LogP contribution in [0.1, 0.15) is 21.3 Å². The molecule has 2 aromatic rings. The van der Waals surface area contributed by atoms with Crippen LogP contribution in [0.25, 0.3) is 0 Å². The number of para-hydroxylation sites is 1. The van der Waals surface area contributed by atoms with Gasteiger partial charge < -0.3 is 10.1 Å². The zero-order valence-corrected chi connectivity index (χ0v) is 15.3. The first-order chi connectivity index (χ1) is 11.7. The minimum absolute atomic E-state index is 0.0466. The van der Waals surface area contributed by atoms with Crippen LogP contribution in [-0.4, -0.2) is 24.0 Å². The van der Waals surface area contributed by atoms with Crippen LogP contribution in [0, 0.1) is 6.92 Å². The molecule has 0 spiro atoms. The summed E-state index contributed by atoms with van der Waals surface area (Å²) in [6, 6.07) is 16.1. The molecule has 1 saturated heterocycles. The standard InChI is InChI=1S/C19H21NO2S2/c1-14-6-2-3-7-15(14)12-20-18(21)13-22-17-9-5-4-8-16(17)19-23-10-11-24-19/h2-9,19H,10-13H2,1H3,(H,20,21). The summed E-state index contributed by atoms with van der Waals surface area (Å²) in [7, 11) is 0. The van der Waals surface area contributed by atoms with Gasteiger partial charge in [0.15, 0.2) is 6.61 Å². The minimum Gasteiger partial charge on any atom is -0.483 e. The van der Waals surface area contributed by atoms with Crippen LogP contribution in [-0.2, 0) is 11.3 Å². The van der Waals surface area contributed by atoms with Gasteiger partial charge >= 0.3 is 0 Å². The lowest BCUT2D eigenvalue weighted by molar-refractivity contribution is -0.123. The van der Waals surface area contributed by atoms with Gasteiger partial charge in [-0.15, -0.1) is 23.5 Å². The molecule has 0 radical (unpaired) electrons. The highest BCUT2D eigenvalue weighted by Crippen LogP contribution is 2.48. The molecule has 1 amide bonds. The van der Waals surface area contributed by atoms with Crippen molar-refractivity contribution in [2.45, 2.75) is 18.1 Å². The van der Waals surface area contributed by atoms with E-state index in [1.807, 2.05) is 72.9 Å². The fourth-order valence-electron chi connectivity index (χ4n) is 2.54. The number of nitrogens with one attached hydrogen (secondary N) is 1. The summed E-state index contributed by atoms with van der Waals surface area (Å²) in [5.74, 6) is 3.05. The molecule has 1 N–H and O–H groups in total. The highest BCUT2D eigenvalue weighted by molar-refractivity contribution is 8.19. The SMILES string of the molecule is Cc1ccccc1CNC(=O)COc1ccccc1C1SCCS1. The van der Waals surface area contributed by atoms with E-state index in [1.165, 1.54) is 22.6 Å². The number of carbonyl (C=O) groups is 1. The van der Waals surface area contributed by atoms with Crippen LogP contribution in [0.2, 0.25) is 0 Å². The molecule has 24 heavy (non-hydrogen) atoms. The number of carbonyl (C=O) groups excluding carboxylic acids is 1. The van der Waals surface area contributed by atoms with Crippen molar-refractivity contribution in [2.24, 2.45) is 0 Å². The van der Waals surface area contributed by atoms with E-state index in [9.17, 15) is 4.79 Å². The second-order valence-corrected chi connectivity index (χ2v) is 8.33. The molecule has 3 nitrogen and oxygen atoms in total. The fraction of sp³-hybridized carbons (Fsp3) is 0.316. The maximum absolute atomic E-state index is 12.1. The highest BCUT2D eigenvalue weighted by atomic mass is 32.2. The molecule has 2 aromatic carbocycles.